The molecule has 6 nitrogen and oxygen atoms in total. The largest absolute Gasteiger partial charge is 0.451 e. The molecule has 0 fully saturated rings. The van der Waals surface area contributed by atoms with Gasteiger partial charge in [0, 0.05) is 10.6 Å². The minimum atomic E-state index is -0.765. The normalized spacial score (nSPS) is 11.2. The molecule has 0 heterocycles. The van der Waals surface area contributed by atoms with Crippen LogP contribution in [-0.4, -0.2) is 17.9 Å². The third-order valence-corrected chi connectivity index (χ3v) is 2.12. The predicted octanol–water partition coefficient (Wildman–Crippen LogP) is 2.76. The number of Topliss-reactive ketones (excluding diaryl/α,β-unsaturated/α-hetero) is 1. The number of hydrogen-bond donors (Lipinski definition) is 0. The van der Waals surface area contributed by atoms with Gasteiger partial charge in [0.05, 0.1) is 5.56 Å². The fraction of sp³-hybridized carbons (Fsp3) is 0.273. The Morgan fingerprint density at radius 3 is 2.41 bits per heavy atom. The minimum absolute atomic E-state index is 0.218. The SMILES string of the molecule is CC(=O)C(C)OC(=O)c1ccc(N=[N+]=[N-])cc1. The summed E-state index contributed by atoms with van der Waals surface area (Å²) in [4.78, 5) is 25.1. The molecule has 0 amide bonds. The lowest BCUT2D eigenvalue weighted by molar-refractivity contribution is -0.124. The van der Waals surface area contributed by atoms with Crippen LogP contribution in [0.2, 0.25) is 0 Å². The highest BCUT2D eigenvalue weighted by Crippen LogP contribution is 2.14. The number of azide groups is 1. The Morgan fingerprint density at radius 1 is 1.35 bits per heavy atom. The maximum Gasteiger partial charge on any atom is 0.338 e. The van der Waals surface area contributed by atoms with Crippen LogP contribution in [0, 0.1) is 0 Å². The Hall–Kier alpha value is -2.33. The Morgan fingerprint density at radius 2 is 1.94 bits per heavy atom. The molecule has 0 bridgehead atoms. The van der Waals surface area contributed by atoms with Gasteiger partial charge in [-0.05, 0) is 31.5 Å². The number of nitrogens with zero attached hydrogens (tertiary/aromatic N) is 3. The van der Waals surface area contributed by atoms with Crippen molar-refractivity contribution in [3.63, 3.8) is 0 Å². The number of hydrogen-bond acceptors (Lipinski definition) is 4. The lowest BCUT2D eigenvalue weighted by Crippen LogP contribution is -2.21. The number of ketones is 1. The molecule has 0 aliphatic heterocycles. The number of carbonyl (C=O) groups is 2. The summed E-state index contributed by atoms with van der Waals surface area (Å²) in [6, 6.07) is 5.93. The van der Waals surface area contributed by atoms with Crippen molar-refractivity contribution in [1.29, 1.82) is 0 Å². The number of benzene rings is 1. The van der Waals surface area contributed by atoms with E-state index in [1.165, 1.54) is 38.1 Å². The van der Waals surface area contributed by atoms with E-state index in [1.807, 2.05) is 0 Å². The van der Waals surface area contributed by atoms with Crippen molar-refractivity contribution in [2.75, 3.05) is 0 Å². The molecule has 0 saturated heterocycles. The highest BCUT2D eigenvalue weighted by atomic mass is 16.5. The molecule has 1 rings (SSSR count). The fourth-order valence-electron chi connectivity index (χ4n) is 1.03. The van der Waals surface area contributed by atoms with Gasteiger partial charge < -0.3 is 4.74 Å². The smallest absolute Gasteiger partial charge is 0.338 e. The van der Waals surface area contributed by atoms with E-state index in [0.29, 0.717) is 11.3 Å². The zero-order chi connectivity index (χ0) is 12.8. The van der Waals surface area contributed by atoms with E-state index < -0.39 is 12.1 Å². The summed E-state index contributed by atoms with van der Waals surface area (Å²) >= 11 is 0. The third kappa shape index (κ3) is 3.62. The molecular weight excluding hydrogens is 222 g/mol. The van der Waals surface area contributed by atoms with Crippen LogP contribution in [0.4, 0.5) is 5.69 Å². The lowest BCUT2D eigenvalue weighted by Gasteiger charge is -2.09. The van der Waals surface area contributed by atoms with Crippen LogP contribution >= 0.6 is 0 Å². The zero-order valence-corrected chi connectivity index (χ0v) is 9.45. The monoisotopic (exact) mass is 233 g/mol. The van der Waals surface area contributed by atoms with Gasteiger partial charge in [0.15, 0.2) is 11.9 Å². The van der Waals surface area contributed by atoms with E-state index >= 15 is 0 Å². The van der Waals surface area contributed by atoms with E-state index in [4.69, 9.17) is 10.3 Å². The third-order valence-electron chi connectivity index (χ3n) is 2.12. The Kier molecular flexibility index (Phi) is 4.25. The first-order valence-corrected chi connectivity index (χ1v) is 4.91. The van der Waals surface area contributed by atoms with Crippen LogP contribution in [0.15, 0.2) is 29.4 Å². The van der Waals surface area contributed by atoms with Gasteiger partial charge in [0.1, 0.15) is 0 Å². The summed E-state index contributed by atoms with van der Waals surface area (Å²) in [5.74, 6) is -0.802. The van der Waals surface area contributed by atoms with Crippen molar-refractivity contribution in [2.24, 2.45) is 5.11 Å². The molecule has 1 unspecified atom stereocenters. The molecule has 0 saturated carbocycles. The molecule has 0 aliphatic carbocycles. The van der Waals surface area contributed by atoms with Crippen molar-refractivity contribution in [3.8, 4) is 0 Å². The molecule has 88 valence electrons. The Bertz CT molecular complexity index is 475. The molecule has 0 aliphatic rings. The second kappa shape index (κ2) is 5.67. The maximum absolute atomic E-state index is 11.6. The number of esters is 1. The lowest BCUT2D eigenvalue weighted by atomic mass is 10.2. The quantitative estimate of drug-likeness (QED) is 0.346. The van der Waals surface area contributed by atoms with Crippen LogP contribution in [0.25, 0.3) is 10.4 Å². The summed E-state index contributed by atoms with van der Waals surface area (Å²) < 4.78 is 4.91. The van der Waals surface area contributed by atoms with Crippen molar-refractivity contribution in [1.82, 2.24) is 0 Å². The van der Waals surface area contributed by atoms with Gasteiger partial charge in [-0.25, -0.2) is 4.79 Å². The van der Waals surface area contributed by atoms with Crippen molar-refractivity contribution in [2.45, 2.75) is 20.0 Å². The van der Waals surface area contributed by atoms with Gasteiger partial charge in [0.2, 0.25) is 0 Å². The first-order chi connectivity index (χ1) is 8.04. The van der Waals surface area contributed by atoms with Gasteiger partial charge in [-0.15, -0.1) is 0 Å². The minimum Gasteiger partial charge on any atom is -0.451 e. The second-order valence-electron chi connectivity index (χ2n) is 3.39. The van der Waals surface area contributed by atoms with Gasteiger partial charge in [-0.1, -0.05) is 17.2 Å². The van der Waals surface area contributed by atoms with Crippen LogP contribution in [0.3, 0.4) is 0 Å². The van der Waals surface area contributed by atoms with Gasteiger partial charge in [-0.3, -0.25) is 4.79 Å². The Balaban J connectivity index is 2.76. The highest BCUT2D eigenvalue weighted by molar-refractivity contribution is 5.92. The van der Waals surface area contributed by atoms with Crippen LogP contribution in [-0.2, 0) is 9.53 Å². The molecule has 1 aromatic carbocycles. The summed E-state index contributed by atoms with van der Waals surface area (Å²) in [7, 11) is 0. The van der Waals surface area contributed by atoms with Crippen molar-refractivity contribution in [3.05, 3.63) is 40.3 Å². The molecule has 0 N–H and O–H groups in total. The average Bonchev–Trinajstić information content (AvgIpc) is 2.30. The average molecular weight is 233 g/mol. The highest BCUT2D eigenvalue weighted by Gasteiger charge is 2.14. The second-order valence-corrected chi connectivity index (χ2v) is 3.39. The Labute approximate surface area is 97.8 Å². The number of carbonyl (C=O) groups excluding carboxylic acids is 2. The molecule has 6 heteroatoms. The van der Waals surface area contributed by atoms with Gasteiger partial charge >= 0.3 is 5.97 Å². The molecular formula is C11H11N3O3. The van der Waals surface area contributed by atoms with Gasteiger partial charge in [0.25, 0.3) is 0 Å². The first kappa shape index (κ1) is 12.7. The van der Waals surface area contributed by atoms with Crippen molar-refractivity contribution < 1.29 is 14.3 Å². The van der Waals surface area contributed by atoms with E-state index in [-0.39, 0.29) is 5.78 Å². The van der Waals surface area contributed by atoms with Crippen LogP contribution in [0.1, 0.15) is 24.2 Å². The molecule has 1 aromatic rings. The maximum atomic E-state index is 11.6. The molecule has 17 heavy (non-hydrogen) atoms. The van der Waals surface area contributed by atoms with Crippen molar-refractivity contribution >= 4 is 17.4 Å². The van der Waals surface area contributed by atoms with Crippen LogP contribution in [0.5, 0.6) is 0 Å². The van der Waals surface area contributed by atoms with Gasteiger partial charge in [-0.2, -0.15) is 0 Å². The summed E-state index contributed by atoms with van der Waals surface area (Å²) in [5.41, 5.74) is 8.91. The topological polar surface area (TPSA) is 92.1 Å². The van der Waals surface area contributed by atoms with Crippen LogP contribution < -0.4 is 0 Å². The fourth-order valence-corrected chi connectivity index (χ4v) is 1.03. The zero-order valence-electron chi connectivity index (χ0n) is 9.45. The first-order valence-electron chi connectivity index (χ1n) is 4.91. The standard InChI is InChI=1S/C11H11N3O3/c1-7(15)8(2)17-11(16)9-3-5-10(6-4-9)13-14-12/h3-6,8H,1-2H3. The van der Waals surface area contributed by atoms with E-state index in [0.717, 1.165) is 0 Å². The predicted molar refractivity (Wildman–Crippen MR) is 60.8 cm³/mol. The molecule has 0 radical (unpaired) electrons. The number of rotatable bonds is 4. The molecule has 1 atom stereocenters. The molecule has 0 spiro atoms. The van der Waals surface area contributed by atoms with E-state index in [9.17, 15) is 9.59 Å². The number of ether oxygens (including phenoxy) is 1. The summed E-state index contributed by atoms with van der Waals surface area (Å²) in [5, 5.41) is 3.37. The summed E-state index contributed by atoms with van der Waals surface area (Å²) in [6.07, 6.45) is -0.765. The van der Waals surface area contributed by atoms with E-state index in [1.54, 1.807) is 0 Å². The summed E-state index contributed by atoms with van der Waals surface area (Å²) in [6.45, 7) is 2.86. The van der Waals surface area contributed by atoms with E-state index in [2.05, 4.69) is 10.0 Å². The molecule has 0 aromatic heterocycles.